The molecule has 2 fully saturated rings. The number of rotatable bonds is 9. The molecule has 1 saturated carbocycles. The van der Waals surface area contributed by atoms with E-state index in [1.807, 2.05) is 0 Å². The lowest BCUT2D eigenvalue weighted by atomic mass is 10.3. The summed E-state index contributed by atoms with van der Waals surface area (Å²) >= 11 is 6.06. The van der Waals surface area contributed by atoms with Crippen LogP contribution in [0.3, 0.4) is 0 Å². The molecule has 1 aromatic carbocycles. The third-order valence-corrected chi connectivity index (χ3v) is 7.63. The number of nitrogens with zero attached hydrogens (tertiary/aromatic N) is 7. The molecule has 0 unspecified atom stereocenters. The summed E-state index contributed by atoms with van der Waals surface area (Å²) in [5.41, 5.74) is 0.438. The molecule has 15 heteroatoms. The predicted molar refractivity (Wildman–Crippen MR) is 156 cm³/mol. The number of esters is 1. The molecule has 226 valence electrons. The fourth-order valence-corrected chi connectivity index (χ4v) is 4.90. The molecule has 2 aliphatic rings. The Bertz CT molecular complexity index is 1840. The first-order valence-corrected chi connectivity index (χ1v) is 14.4. The van der Waals surface area contributed by atoms with E-state index in [4.69, 9.17) is 21.3 Å². The molecule has 0 atom stereocenters. The van der Waals surface area contributed by atoms with Gasteiger partial charge in [-0.15, -0.1) is 0 Å². The lowest BCUT2D eigenvalue weighted by Crippen LogP contribution is -2.45. The maximum Gasteiger partial charge on any atom is 0.331 e. The van der Waals surface area contributed by atoms with Gasteiger partial charge in [0.25, 0.3) is 0 Å². The van der Waals surface area contributed by atoms with E-state index in [1.165, 1.54) is 35.0 Å². The number of imidazole rings is 1. The molecule has 3 aromatic heterocycles. The number of aromatic hydroxyl groups is 1. The Balaban J connectivity index is 1.24. The van der Waals surface area contributed by atoms with Crippen LogP contribution in [0, 0.1) is 5.82 Å². The molecular formula is C28H31ClFN9O4. The maximum atomic E-state index is 14.4. The molecule has 0 spiro atoms. The van der Waals surface area contributed by atoms with Gasteiger partial charge in [0.05, 0.1) is 24.3 Å². The van der Waals surface area contributed by atoms with E-state index in [9.17, 15) is 19.1 Å². The van der Waals surface area contributed by atoms with Crippen LogP contribution in [0.25, 0.3) is 11.7 Å². The number of likely N-dealkylation sites (N-methyl/N-ethyl adjacent to an activating group) is 1. The summed E-state index contributed by atoms with van der Waals surface area (Å²) < 4.78 is 22.2. The summed E-state index contributed by atoms with van der Waals surface area (Å²) in [6, 6.07) is 5.98. The van der Waals surface area contributed by atoms with Crippen LogP contribution in [0.4, 0.5) is 15.9 Å². The van der Waals surface area contributed by atoms with Gasteiger partial charge < -0.3 is 29.9 Å². The van der Waals surface area contributed by atoms with Gasteiger partial charge in [-0.1, -0.05) is 11.6 Å². The van der Waals surface area contributed by atoms with Gasteiger partial charge in [0.15, 0.2) is 17.9 Å². The highest BCUT2D eigenvalue weighted by Gasteiger charge is 2.21. The monoisotopic (exact) mass is 611 g/mol. The summed E-state index contributed by atoms with van der Waals surface area (Å²) in [6.45, 7) is 3.77. The Morgan fingerprint density at radius 2 is 2.07 bits per heavy atom. The van der Waals surface area contributed by atoms with Crippen molar-refractivity contribution in [3.8, 4) is 5.88 Å². The number of ether oxygens (including phenoxy) is 1. The zero-order valence-corrected chi connectivity index (χ0v) is 24.2. The Hall–Kier alpha value is -4.27. The lowest BCUT2D eigenvalue weighted by Gasteiger charge is -2.31. The summed E-state index contributed by atoms with van der Waals surface area (Å²) in [6.07, 6.45) is 5.12. The zero-order chi connectivity index (χ0) is 30.1. The van der Waals surface area contributed by atoms with Gasteiger partial charge in [-0.25, -0.2) is 18.7 Å². The molecule has 1 saturated heterocycles. The highest BCUT2D eigenvalue weighted by Crippen LogP contribution is 2.24. The van der Waals surface area contributed by atoms with Gasteiger partial charge in [0.2, 0.25) is 5.88 Å². The molecule has 43 heavy (non-hydrogen) atoms. The highest BCUT2D eigenvalue weighted by atomic mass is 35.5. The minimum atomic E-state index is -0.650. The van der Waals surface area contributed by atoms with Crippen molar-refractivity contribution in [2.45, 2.75) is 32.0 Å². The quantitative estimate of drug-likeness (QED) is 0.238. The van der Waals surface area contributed by atoms with Crippen molar-refractivity contribution in [3.63, 3.8) is 0 Å². The van der Waals surface area contributed by atoms with Crippen LogP contribution in [0.2, 0.25) is 5.02 Å². The number of nitrogens with one attached hydrogen (secondary N) is 2. The number of H-pyrrole nitrogens is 1. The van der Waals surface area contributed by atoms with E-state index in [-0.39, 0.29) is 23.8 Å². The lowest BCUT2D eigenvalue weighted by molar-refractivity contribution is -0.148. The first-order chi connectivity index (χ1) is 20.7. The Morgan fingerprint density at radius 1 is 1.28 bits per heavy atom. The maximum absolute atomic E-state index is 14.4. The number of aromatic amines is 1. The summed E-state index contributed by atoms with van der Waals surface area (Å²) in [5.74, 6) is -1.07. The molecule has 4 aromatic rings. The molecule has 3 N–H and O–H groups in total. The number of fused-ring (bicyclic) bond motifs is 1. The number of aromatic nitrogens is 5. The van der Waals surface area contributed by atoms with Gasteiger partial charge >= 0.3 is 11.7 Å². The Labute approximate surface area is 249 Å². The smallest absolute Gasteiger partial charge is 0.331 e. The van der Waals surface area contributed by atoms with Crippen molar-refractivity contribution in [2.75, 3.05) is 45.1 Å². The summed E-state index contributed by atoms with van der Waals surface area (Å²) in [7, 11) is 2.06. The summed E-state index contributed by atoms with van der Waals surface area (Å²) in [4.78, 5) is 41.3. The van der Waals surface area contributed by atoms with Gasteiger partial charge in [-0.3, -0.25) is 9.79 Å². The standard InChI is InChI=1S/C28H31ClFN9O4/c1-36-8-10-37(11-9-36)7-6-25(40)43-16-38-27(41)22(34-28(38)42)12-17-15-31-39-24(32-19-3-4-19)14-23(35-26(17)39)33-21-13-18(29)2-5-20(21)30/h2,5,12-15,19,33,41H,3-4,6-11,16H2,1H3,(H,34,42). The van der Waals surface area contributed by atoms with Crippen molar-refractivity contribution >= 4 is 40.8 Å². The van der Waals surface area contributed by atoms with Crippen LogP contribution in [0.1, 0.15) is 25.0 Å². The largest absolute Gasteiger partial charge is 0.493 e. The van der Waals surface area contributed by atoms with E-state index in [0.29, 0.717) is 33.7 Å². The third kappa shape index (κ3) is 6.71. The number of benzene rings is 1. The Morgan fingerprint density at radius 3 is 2.84 bits per heavy atom. The molecule has 1 aliphatic carbocycles. The van der Waals surface area contributed by atoms with Crippen molar-refractivity contribution in [1.82, 2.24) is 33.9 Å². The second kappa shape index (κ2) is 12.1. The van der Waals surface area contributed by atoms with Crippen molar-refractivity contribution in [3.05, 3.63) is 68.2 Å². The average molecular weight is 612 g/mol. The van der Waals surface area contributed by atoms with E-state index >= 15 is 0 Å². The van der Waals surface area contributed by atoms with Crippen molar-refractivity contribution < 1.29 is 19.0 Å². The third-order valence-electron chi connectivity index (χ3n) is 7.40. The molecule has 6 rings (SSSR count). The number of carbonyl (C=O) groups excluding carboxylic acids is 1. The van der Waals surface area contributed by atoms with E-state index in [2.05, 4.69) is 37.2 Å². The zero-order valence-electron chi connectivity index (χ0n) is 23.5. The summed E-state index contributed by atoms with van der Waals surface area (Å²) in [5, 5.41) is 19.0. The van der Waals surface area contributed by atoms with Crippen LogP contribution in [-0.2, 0) is 16.3 Å². The van der Waals surface area contributed by atoms with E-state index in [0.717, 1.165) is 43.6 Å². The first kappa shape index (κ1) is 28.8. The van der Waals surface area contributed by atoms with Crippen molar-refractivity contribution in [1.29, 1.82) is 0 Å². The number of hydrogen-bond acceptors (Lipinski definition) is 10. The van der Waals surface area contributed by atoms with Gasteiger partial charge in [-0.2, -0.15) is 9.61 Å². The van der Waals surface area contributed by atoms with Crippen LogP contribution in [-0.4, -0.2) is 90.8 Å². The number of carbonyl (C=O) groups is 1. The fraction of sp³-hybridized carbons (Fsp3) is 0.393. The van der Waals surface area contributed by atoms with Crippen LogP contribution >= 0.6 is 11.6 Å². The SMILES string of the molecule is CN1CCN(CCC(=O)OCn2c(O)c(C=c3cnn4c(=NC5CC5)cc(Nc5cc(Cl)ccc5F)nc34)[nH]c2=O)CC1. The predicted octanol–water partition coefficient (Wildman–Crippen LogP) is 1.21. The molecule has 4 heterocycles. The highest BCUT2D eigenvalue weighted by molar-refractivity contribution is 6.30. The van der Waals surface area contributed by atoms with Gasteiger partial charge in [0.1, 0.15) is 17.3 Å². The van der Waals surface area contributed by atoms with Gasteiger partial charge in [0, 0.05) is 49.0 Å². The molecule has 0 amide bonds. The molecule has 0 radical (unpaired) electrons. The van der Waals surface area contributed by atoms with Crippen LogP contribution in [0.15, 0.2) is 40.2 Å². The Kier molecular flexibility index (Phi) is 8.15. The molecular weight excluding hydrogens is 581 g/mol. The number of halogens is 2. The number of anilines is 2. The molecule has 13 nitrogen and oxygen atoms in total. The second-order valence-electron chi connectivity index (χ2n) is 10.7. The normalized spacial score (nSPS) is 17.2. The second-order valence-corrected chi connectivity index (χ2v) is 11.2. The number of hydrogen-bond donors (Lipinski definition) is 3. The number of piperazine rings is 1. The van der Waals surface area contributed by atoms with Crippen LogP contribution < -0.4 is 21.7 Å². The van der Waals surface area contributed by atoms with E-state index < -0.39 is 30.1 Å². The van der Waals surface area contributed by atoms with Crippen LogP contribution in [0.5, 0.6) is 5.88 Å². The van der Waals surface area contributed by atoms with Crippen molar-refractivity contribution in [2.24, 2.45) is 4.99 Å². The van der Waals surface area contributed by atoms with E-state index in [1.54, 1.807) is 6.07 Å². The average Bonchev–Trinajstić information content (AvgIpc) is 3.65. The molecule has 0 bridgehead atoms. The fourth-order valence-electron chi connectivity index (χ4n) is 4.73. The topological polar surface area (TPSA) is 145 Å². The minimum Gasteiger partial charge on any atom is -0.493 e. The minimum absolute atomic E-state index is 0.0788. The molecule has 1 aliphatic heterocycles. The first-order valence-electron chi connectivity index (χ1n) is 14.0. The van der Waals surface area contributed by atoms with Gasteiger partial charge in [-0.05, 0) is 44.2 Å².